The van der Waals surface area contributed by atoms with Crippen molar-refractivity contribution < 1.29 is 9.53 Å². The summed E-state index contributed by atoms with van der Waals surface area (Å²) < 4.78 is 6.62. The van der Waals surface area contributed by atoms with E-state index in [-0.39, 0.29) is 12.5 Å². The van der Waals surface area contributed by atoms with Crippen LogP contribution in [0, 0.1) is 9.49 Å². The van der Waals surface area contributed by atoms with Crippen molar-refractivity contribution >= 4 is 28.5 Å². The third kappa shape index (κ3) is 3.60. The molecule has 4 heteroatoms. The zero-order valence-electron chi connectivity index (χ0n) is 10.6. The van der Waals surface area contributed by atoms with E-state index in [0.717, 1.165) is 41.2 Å². The molecule has 0 aromatic heterocycles. The number of hydrogen-bond acceptors (Lipinski definition) is 2. The number of carbonyl (C=O) groups excluding carboxylic acids is 1. The zero-order chi connectivity index (χ0) is 13.0. The number of amides is 1. The maximum Gasteiger partial charge on any atom is 0.260 e. The summed E-state index contributed by atoms with van der Waals surface area (Å²) >= 11 is 2.21. The fourth-order valence-corrected chi connectivity index (χ4v) is 2.59. The quantitative estimate of drug-likeness (QED) is 0.777. The van der Waals surface area contributed by atoms with E-state index in [1.165, 1.54) is 0 Å². The minimum atomic E-state index is 0.0987. The molecule has 1 aliphatic heterocycles. The highest BCUT2D eigenvalue weighted by atomic mass is 127. The molecule has 0 saturated carbocycles. The molecule has 1 saturated heterocycles. The summed E-state index contributed by atoms with van der Waals surface area (Å²) in [6, 6.07) is 7.75. The Bertz CT molecular complexity index is 414. The maximum absolute atomic E-state index is 12.0. The second-order valence-corrected chi connectivity index (χ2v) is 5.94. The van der Waals surface area contributed by atoms with Crippen LogP contribution < -0.4 is 4.74 Å². The molecule has 1 aromatic carbocycles. The fourth-order valence-electron chi connectivity index (χ4n) is 2.05. The summed E-state index contributed by atoms with van der Waals surface area (Å²) in [5, 5.41) is 0. The number of piperidine rings is 1. The summed E-state index contributed by atoms with van der Waals surface area (Å²) in [7, 11) is 0. The van der Waals surface area contributed by atoms with E-state index in [4.69, 9.17) is 4.74 Å². The highest BCUT2D eigenvalue weighted by molar-refractivity contribution is 14.1. The molecule has 1 amide bonds. The molecule has 0 N–H and O–H groups in total. The van der Waals surface area contributed by atoms with Crippen molar-refractivity contribution in [2.45, 2.75) is 19.8 Å². The number of benzene rings is 1. The first-order valence-corrected chi connectivity index (χ1v) is 7.40. The molecule has 2 rings (SSSR count). The van der Waals surface area contributed by atoms with Crippen molar-refractivity contribution in [3.05, 3.63) is 27.8 Å². The monoisotopic (exact) mass is 359 g/mol. The molecule has 0 spiro atoms. The van der Waals surface area contributed by atoms with E-state index >= 15 is 0 Å². The number of nitrogens with zero attached hydrogens (tertiary/aromatic N) is 1. The van der Waals surface area contributed by atoms with Crippen LogP contribution in [0.2, 0.25) is 0 Å². The second kappa shape index (κ2) is 6.41. The van der Waals surface area contributed by atoms with Crippen molar-refractivity contribution in [1.82, 2.24) is 4.90 Å². The van der Waals surface area contributed by atoms with Crippen molar-refractivity contribution in [2.75, 3.05) is 19.7 Å². The van der Waals surface area contributed by atoms with E-state index in [1.54, 1.807) is 0 Å². The number of halogens is 1. The number of likely N-dealkylation sites (tertiary alicyclic amines) is 1. The molecule has 0 bridgehead atoms. The van der Waals surface area contributed by atoms with Crippen LogP contribution in [0.1, 0.15) is 19.8 Å². The summed E-state index contributed by atoms with van der Waals surface area (Å²) in [6.07, 6.45) is 2.21. The highest BCUT2D eigenvalue weighted by Crippen LogP contribution is 2.20. The van der Waals surface area contributed by atoms with E-state index in [0.29, 0.717) is 0 Å². The second-order valence-electron chi connectivity index (χ2n) is 4.78. The van der Waals surface area contributed by atoms with Gasteiger partial charge in [-0.2, -0.15) is 0 Å². The first kappa shape index (κ1) is 13.6. The van der Waals surface area contributed by atoms with Crippen LogP contribution in [0.3, 0.4) is 0 Å². The Kier molecular flexibility index (Phi) is 4.86. The van der Waals surface area contributed by atoms with Gasteiger partial charge in [0.05, 0.1) is 3.57 Å². The summed E-state index contributed by atoms with van der Waals surface area (Å²) in [5.41, 5.74) is 0. The van der Waals surface area contributed by atoms with Gasteiger partial charge in [-0.3, -0.25) is 4.79 Å². The van der Waals surface area contributed by atoms with Gasteiger partial charge >= 0.3 is 0 Å². The van der Waals surface area contributed by atoms with Gasteiger partial charge in [0.15, 0.2) is 6.61 Å². The average molecular weight is 359 g/mol. The number of hydrogen-bond donors (Lipinski definition) is 0. The molecule has 1 fully saturated rings. The molecule has 1 aliphatic rings. The van der Waals surface area contributed by atoms with Crippen LogP contribution in [0.4, 0.5) is 0 Å². The summed E-state index contributed by atoms with van der Waals surface area (Å²) in [6.45, 7) is 4.13. The van der Waals surface area contributed by atoms with Gasteiger partial charge in [0.2, 0.25) is 0 Å². The van der Waals surface area contributed by atoms with Crippen LogP contribution in [-0.4, -0.2) is 30.5 Å². The molecule has 0 aliphatic carbocycles. The normalized spacial score (nSPS) is 16.7. The Morgan fingerprint density at radius 1 is 1.39 bits per heavy atom. The third-order valence-electron chi connectivity index (χ3n) is 3.32. The number of ether oxygens (including phenoxy) is 1. The molecule has 0 unspecified atom stereocenters. The number of carbonyl (C=O) groups is 1. The molecule has 98 valence electrons. The predicted molar refractivity (Wildman–Crippen MR) is 79.6 cm³/mol. The van der Waals surface area contributed by atoms with Crippen molar-refractivity contribution in [3.8, 4) is 5.75 Å². The molecule has 1 aromatic rings. The van der Waals surface area contributed by atoms with Gasteiger partial charge in [0.25, 0.3) is 5.91 Å². The molecule has 0 atom stereocenters. The van der Waals surface area contributed by atoms with Crippen LogP contribution >= 0.6 is 22.6 Å². The Balaban J connectivity index is 1.83. The lowest BCUT2D eigenvalue weighted by Gasteiger charge is -2.30. The van der Waals surface area contributed by atoms with Crippen LogP contribution in [0.5, 0.6) is 5.75 Å². The smallest absolute Gasteiger partial charge is 0.260 e. The first-order valence-electron chi connectivity index (χ1n) is 6.32. The van der Waals surface area contributed by atoms with Gasteiger partial charge in [0.1, 0.15) is 5.75 Å². The highest BCUT2D eigenvalue weighted by Gasteiger charge is 2.20. The maximum atomic E-state index is 12.0. The number of rotatable bonds is 3. The van der Waals surface area contributed by atoms with Crippen LogP contribution in [0.15, 0.2) is 24.3 Å². The van der Waals surface area contributed by atoms with E-state index in [1.807, 2.05) is 29.2 Å². The predicted octanol–water partition coefficient (Wildman–Crippen LogP) is 2.93. The molecular formula is C14H18INO2. The fraction of sp³-hybridized carbons (Fsp3) is 0.500. The Labute approximate surface area is 122 Å². The Morgan fingerprint density at radius 3 is 2.72 bits per heavy atom. The van der Waals surface area contributed by atoms with Gasteiger partial charge < -0.3 is 9.64 Å². The third-order valence-corrected chi connectivity index (χ3v) is 4.22. The van der Waals surface area contributed by atoms with Crippen molar-refractivity contribution in [3.63, 3.8) is 0 Å². The first-order chi connectivity index (χ1) is 8.66. The van der Waals surface area contributed by atoms with Crippen molar-refractivity contribution in [2.24, 2.45) is 5.92 Å². The lowest BCUT2D eigenvalue weighted by atomic mass is 9.99. The largest absolute Gasteiger partial charge is 0.483 e. The summed E-state index contributed by atoms with van der Waals surface area (Å²) in [5.74, 6) is 1.63. The van der Waals surface area contributed by atoms with E-state index in [2.05, 4.69) is 29.5 Å². The minimum Gasteiger partial charge on any atom is -0.483 e. The van der Waals surface area contributed by atoms with Gasteiger partial charge in [-0.15, -0.1) is 0 Å². The molecule has 1 heterocycles. The molecular weight excluding hydrogens is 341 g/mol. The van der Waals surface area contributed by atoms with Gasteiger partial charge in [-0.05, 0) is 53.5 Å². The van der Waals surface area contributed by atoms with Crippen molar-refractivity contribution in [1.29, 1.82) is 0 Å². The standard InChI is InChI=1S/C14H18INO2/c1-11-6-8-16(9-7-11)14(17)10-18-13-5-3-2-4-12(13)15/h2-5,11H,6-10H2,1H3. The molecule has 0 radical (unpaired) electrons. The zero-order valence-corrected chi connectivity index (χ0v) is 12.7. The van der Waals surface area contributed by atoms with E-state index in [9.17, 15) is 4.79 Å². The Morgan fingerprint density at radius 2 is 2.06 bits per heavy atom. The lowest BCUT2D eigenvalue weighted by molar-refractivity contribution is -0.134. The summed E-state index contributed by atoms with van der Waals surface area (Å²) in [4.78, 5) is 13.9. The van der Waals surface area contributed by atoms with Crippen LogP contribution in [0.25, 0.3) is 0 Å². The minimum absolute atomic E-state index is 0.0987. The van der Waals surface area contributed by atoms with Crippen LogP contribution in [-0.2, 0) is 4.79 Å². The SMILES string of the molecule is CC1CCN(C(=O)COc2ccccc2I)CC1. The molecule has 18 heavy (non-hydrogen) atoms. The molecule has 3 nitrogen and oxygen atoms in total. The Hall–Kier alpha value is -0.780. The topological polar surface area (TPSA) is 29.5 Å². The van der Waals surface area contributed by atoms with Gasteiger partial charge in [0, 0.05) is 13.1 Å². The average Bonchev–Trinajstić information content (AvgIpc) is 2.38. The van der Waals surface area contributed by atoms with E-state index < -0.39 is 0 Å². The number of para-hydroxylation sites is 1. The lowest BCUT2D eigenvalue weighted by Crippen LogP contribution is -2.40. The van der Waals surface area contributed by atoms with Gasteiger partial charge in [-0.25, -0.2) is 0 Å². The van der Waals surface area contributed by atoms with Gasteiger partial charge in [-0.1, -0.05) is 19.1 Å².